The van der Waals surface area contributed by atoms with Crippen LogP contribution in [0, 0.1) is 11.6 Å². The van der Waals surface area contributed by atoms with E-state index in [2.05, 4.69) is 0 Å². The Labute approximate surface area is 105 Å². The highest BCUT2D eigenvalue weighted by molar-refractivity contribution is 5.97. The van der Waals surface area contributed by atoms with Crippen molar-refractivity contribution in [3.8, 4) is 0 Å². The first-order chi connectivity index (χ1) is 8.54. The Morgan fingerprint density at radius 3 is 2.67 bits per heavy atom. The summed E-state index contributed by atoms with van der Waals surface area (Å²) in [5.74, 6) is -2.17. The third-order valence-electron chi connectivity index (χ3n) is 2.54. The van der Waals surface area contributed by atoms with Gasteiger partial charge in [0.2, 0.25) is 0 Å². The summed E-state index contributed by atoms with van der Waals surface area (Å²) in [6.45, 7) is 1.52. The molecule has 0 bridgehead atoms. The minimum atomic E-state index is -0.997. The number of carbonyl (C=O) groups is 1. The van der Waals surface area contributed by atoms with Crippen LogP contribution in [0.3, 0.4) is 0 Å². The highest BCUT2D eigenvalue weighted by Gasteiger charge is 2.11. The van der Waals surface area contributed by atoms with Crippen LogP contribution in [-0.2, 0) is 4.74 Å². The van der Waals surface area contributed by atoms with Crippen LogP contribution in [0.25, 0.3) is 0 Å². The molecule has 0 saturated carbocycles. The summed E-state index contributed by atoms with van der Waals surface area (Å²) in [5, 5.41) is 0. The molecule has 1 rings (SSSR count). The molecular formula is C13H17F2NO2. The molecule has 0 atom stereocenters. The van der Waals surface area contributed by atoms with Crippen LogP contribution >= 0.6 is 0 Å². The van der Waals surface area contributed by atoms with Crippen LogP contribution in [-0.4, -0.2) is 44.5 Å². The number of carbonyl (C=O) groups excluding carboxylic acids is 1. The number of benzene rings is 1. The molecule has 100 valence electrons. The lowest BCUT2D eigenvalue weighted by Crippen LogP contribution is -2.27. The van der Waals surface area contributed by atoms with E-state index in [0.717, 1.165) is 18.6 Å². The van der Waals surface area contributed by atoms with E-state index in [4.69, 9.17) is 4.74 Å². The van der Waals surface area contributed by atoms with Gasteiger partial charge < -0.3 is 4.74 Å². The predicted molar refractivity (Wildman–Crippen MR) is 64.7 cm³/mol. The van der Waals surface area contributed by atoms with Gasteiger partial charge in [-0.15, -0.1) is 0 Å². The first-order valence-electron chi connectivity index (χ1n) is 5.70. The third-order valence-corrected chi connectivity index (χ3v) is 2.54. The highest BCUT2D eigenvalue weighted by Crippen LogP contribution is 2.09. The fraction of sp³-hybridized carbons (Fsp3) is 0.462. The molecule has 0 spiro atoms. The van der Waals surface area contributed by atoms with Crippen molar-refractivity contribution in [2.45, 2.75) is 6.42 Å². The molecule has 0 N–H and O–H groups in total. The summed E-state index contributed by atoms with van der Waals surface area (Å²) < 4.78 is 30.6. The van der Waals surface area contributed by atoms with Gasteiger partial charge in [-0.2, -0.15) is 0 Å². The molecule has 0 fully saturated rings. The lowest BCUT2D eigenvalue weighted by atomic mass is 10.1. The second-order valence-corrected chi connectivity index (χ2v) is 4.14. The summed E-state index contributed by atoms with van der Waals surface area (Å²) in [7, 11) is 3.42. The second-order valence-electron chi connectivity index (χ2n) is 4.14. The van der Waals surface area contributed by atoms with Crippen molar-refractivity contribution in [3.63, 3.8) is 0 Å². The molecular weight excluding hydrogens is 240 g/mol. The van der Waals surface area contributed by atoms with E-state index >= 15 is 0 Å². The highest BCUT2D eigenvalue weighted by atomic mass is 19.2. The van der Waals surface area contributed by atoms with Crippen molar-refractivity contribution in [1.82, 2.24) is 4.90 Å². The molecule has 3 nitrogen and oxygen atoms in total. The van der Waals surface area contributed by atoms with E-state index in [1.54, 1.807) is 14.2 Å². The summed E-state index contributed by atoms with van der Waals surface area (Å²) >= 11 is 0. The maximum absolute atomic E-state index is 13.0. The molecule has 0 saturated heterocycles. The smallest absolute Gasteiger partial charge is 0.176 e. The molecule has 1 aromatic rings. The molecule has 1 aromatic carbocycles. The van der Waals surface area contributed by atoms with E-state index in [1.165, 1.54) is 6.07 Å². The van der Waals surface area contributed by atoms with Crippen LogP contribution in [0.5, 0.6) is 0 Å². The van der Waals surface area contributed by atoms with Crippen molar-refractivity contribution in [3.05, 3.63) is 35.4 Å². The Hall–Kier alpha value is -1.33. The summed E-state index contributed by atoms with van der Waals surface area (Å²) in [4.78, 5) is 13.6. The average Bonchev–Trinajstić information content (AvgIpc) is 2.33. The number of hydrogen-bond donors (Lipinski definition) is 0. The van der Waals surface area contributed by atoms with Crippen molar-refractivity contribution < 1.29 is 18.3 Å². The Morgan fingerprint density at radius 1 is 1.33 bits per heavy atom. The number of methoxy groups -OCH3 is 1. The summed E-state index contributed by atoms with van der Waals surface area (Å²) in [5.41, 5.74) is 0.187. The third kappa shape index (κ3) is 4.50. The van der Waals surface area contributed by atoms with Crippen molar-refractivity contribution in [1.29, 1.82) is 0 Å². The van der Waals surface area contributed by atoms with E-state index in [9.17, 15) is 13.6 Å². The van der Waals surface area contributed by atoms with E-state index in [-0.39, 0.29) is 17.9 Å². The van der Waals surface area contributed by atoms with Crippen LogP contribution in [0.1, 0.15) is 16.8 Å². The van der Waals surface area contributed by atoms with Gasteiger partial charge in [-0.05, 0) is 31.7 Å². The molecule has 0 aliphatic rings. The lowest BCUT2D eigenvalue weighted by molar-refractivity contribution is 0.0938. The van der Waals surface area contributed by atoms with Crippen LogP contribution in [0.15, 0.2) is 18.2 Å². The average molecular weight is 257 g/mol. The topological polar surface area (TPSA) is 29.5 Å². The maximum Gasteiger partial charge on any atom is 0.176 e. The molecule has 0 radical (unpaired) electrons. The van der Waals surface area contributed by atoms with Gasteiger partial charge in [0.1, 0.15) is 0 Å². The SMILES string of the molecule is COCCCN(C)CC(=O)c1ccc(F)c(F)c1. The lowest BCUT2D eigenvalue weighted by Gasteiger charge is -2.15. The van der Waals surface area contributed by atoms with Crippen molar-refractivity contribution in [2.24, 2.45) is 0 Å². The normalized spacial score (nSPS) is 10.9. The number of nitrogens with zero attached hydrogens (tertiary/aromatic N) is 1. The summed E-state index contributed by atoms with van der Waals surface area (Å²) in [6.07, 6.45) is 0.818. The minimum absolute atomic E-state index is 0.175. The summed E-state index contributed by atoms with van der Waals surface area (Å²) in [6, 6.07) is 3.19. The fourth-order valence-electron chi connectivity index (χ4n) is 1.56. The molecule has 0 unspecified atom stereocenters. The number of ether oxygens (including phenoxy) is 1. The first-order valence-corrected chi connectivity index (χ1v) is 5.70. The minimum Gasteiger partial charge on any atom is -0.385 e. The Morgan fingerprint density at radius 2 is 2.06 bits per heavy atom. The second kappa shape index (κ2) is 7.18. The van der Waals surface area contributed by atoms with Gasteiger partial charge in [0, 0.05) is 25.8 Å². The van der Waals surface area contributed by atoms with Gasteiger partial charge in [-0.3, -0.25) is 9.69 Å². The van der Waals surface area contributed by atoms with Gasteiger partial charge in [-0.1, -0.05) is 0 Å². The zero-order valence-electron chi connectivity index (χ0n) is 10.6. The maximum atomic E-state index is 13.0. The number of halogens is 2. The molecule has 0 aromatic heterocycles. The zero-order valence-corrected chi connectivity index (χ0v) is 10.6. The van der Waals surface area contributed by atoms with Crippen molar-refractivity contribution >= 4 is 5.78 Å². The molecule has 0 aliphatic heterocycles. The standard InChI is InChI=1S/C13H17F2NO2/c1-16(6-3-7-18-2)9-13(17)10-4-5-11(14)12(15)8-10/h4-5,8H,3,6-7,9H2,1-2H3. The number of rotatable bonds is 7. The van der Waals surface area contributed by atoms with Gasteiger partial charge in [0.15, 0.2) is 17.4 Å². The zero-order chi connectivity index (χ0) is 13.5. The van der Waals surface area contributed by atoms with Gasteiger partial charge in [0.05, 0.1) is 6.54 Å². The number of hydrogen-bond acceptors (Lipinski definition) is 3. The molecule has 0 aliphatic carbocycles. The van der Waals surface area contributed by atoms with Crippen LogP contribution in [0.4, 0.5) is 8.78 Å². The molecule has 18 heavy (non-hydrogen) atoms. The van der Waals surface area contributed by atoms with Gasteiger partial charge in [-0.25, -0.2) is 8.78 Å². The predicted octanol–water partition coefficient (Wildman–Crippen LogP) is 2.12. The first kappa shape index (κ1) is 14.7. The van der Waals surface area contributed by atoms with Gasteiger partial charge in [0.25, 0.3) is 0 Å². The molecule has 0 amide bonds. The van der Waals surface area contributed by atoms with E-state index in [1.807, 2.05) is 4.90 Å². The Bertz CT molecular complexity index is 410. The number of Topliss-reactive ketones (excluding diaryl/α,β-unsaturated/α-hetero) is 1. The number of ketones is 1. The molecule has 5 heteroatoms. The fourth-order valence-corrected chi connectivity index (χ4v) is 1.56. The van der Waals surface area contributed by atoms with Crippen molar-refractivity contribution in [2.75, 3.05) is 33.9 Å². The Kier molecular flexibility index (Phi) is 5.88. The van der Waals surface area contributed by atoms with E-state index < -0.39 is 11.6 Å². The quantitative estimate of drug-likeness (QED) is 0.553. The van der Waals surface area contributed by atoms with Gasteiger partial charge >= 0.3 is 0 Å². The monoisotopic (exact) mass is 257 g/mol. The van der Waals surface area contributed by atoms with E-state index in [0.29, 0.717) is 13.2 Å². The van der Waals surface area contributed by atoms with Crippen LogP contribution in [0.2, 0.25) is 0 Å². The number of likely N-dealkylation sites (N-methyl/N-ethyl adjacent to an activating group) is 1. The van der Waals surface area contributed by atoms with Crippen LogP contribution < -0.4 is 0 Å². The molecule has 0 heterocycles. The largest absolute Gasteiger partial charge is 0.385 e. The Balaban J connectivity index is 2.51.